The maximum atomic E-state index is 9.05. The van der Waals surface area contributed by atoms with Crippen molar-refractivity contribution in [1.82, 2.24) is 5.32 Å². The van der Waals surface area contributed by atoms with E-state index in [1.807, 2.05) is 0 Å². The summed E-state index contributed by atoms with van der Waals surface area (Å²) in [4.78, 5) is 0. The molecule has 2 rings (SSSR count). The van der Waals surface area contributed by atoms with Gasteiger partial charge in [-0.2, -0.15) is 0 Å². The zero-order valence-corrected chi connectivity index (χ0v) is 9.65. The monoisotopic (exact) mass is 209 g/mol. The first kappa shape index (κ1) is 11.2. The summed E-state index contributed by atoms with van der Waals surface area (Å²) in [5, 5.41) is 12.8. The second-order valence-electron chi connectivity index (χ2n) is 5.12. The van der Waals surface area contributed by atoms with Gasteiger partial charge in [0.05, 0.1) is 0 Å². The Kier molecular flexibility index (Phi) is 3.81. The highest BCUT2D eigenvalue weighted by Gasteiger charge is 2.26. The summed E-state index contributed by atoms with van der Waals surface area (Å²) in [6.45, 7) is 2.60. The summed E-state index contributed by atoms with van der Waals surface area (Å²) >= 11 is 0. The second-order valence-corrected chi connectivity index (χ2v) is 5.12. The molecule has 1 fully saturated rings. The molecule has 2 nitrogen and oxygen atoms in total. The number of rotatable bonds is 4. The minimum absolute atomic E-state index is 0.303. The van der Waals surface area contributed by atoms with Gasteiger partial charge in [0, 0.05) is 24.6 Å². The van der Waals surface area contributed by atoms with Crippen molar-refractivity contribution in [2.24, 2.45) is 11.8 Å². The van der Waals surface area contributed by atoms with Crippen molar-refractivity contribution >= 4 is 0 Å². The summed E-state index contributed by atoms with van der Waals surface area (Å²) in [6.07, 6.45) is 10.9. The SMILES string of the molecule is CCC1CCC(N[C@@H]2C=C[C@H](CO)C2)C1. The highest BCUT2D eigenvalue weighted by molar-refractivity contribution is 5.06. The molecule has 0 amide bonds. The van der Waals surface area contributed by atoms with Crippen molar-refractivity contribution in [2.45, 2.75) is 51.1 Å². The average molecular weight is 209 g/mol. The molecule has 15 heavy (non-hydrogen) atoms. The van der Waals surface area contributed by atoms with Crippen LogP contribution in [0.15, 0.2) is 12.2 Å². The molecule has 1 saturated carbocycles. The molecule has 4 atom stereocenters. The third kappa shape index (κ3) is 2.82. The van der Waals surface area contributed by atoms with Crippen molar-refractivity contribution in [3.63, 3.8) is 0 Å². The molecule has 2 N–H and O–H groups in total. The highest BCUT2D eigenvalue weighted by Crippen LogP contribution is 2.29. The summed E-state index contributed by atoms with van der Waals surface area (Å²) in [5.74, 6) is 1.34. The van der Waals surface area contributed by atoms with E-state index in [-0.39, 0.29) is 0 Å². The van der Waals surface area contributed by atoms with Crippen LogP contribution in [0.5, 0.6) is 0 Å². The van der Waals surface area contributed by atoms with Crippen LogP contribution in [0.3, 0.4) is 0 Å². The number of hydrogen-bond donors (Lipinski definition) is 2. The summed E-state index contributed by atoms with van der Waals surface area (Å²) in [6, 6.07) is 1.24. The molecular weight excluding hydrogens is 186 g/mol. The van der Waals surface area contributed by atoms with Crippen LogP contribution < -0.4 is 5.32 Å². The Morgan fingerprint density at radius 1 is 1.27 bits per heavy atom. The molecule has 0 aromatic rings. The molecule has 0 aromatic heterocycles. The van der Waals surface area contributed by atoms with Crippen molar-refractivity contribution in [2.75, 3.05) is 6.61 Å². The van der Waals surface area contributed by atoms with E-state index in [1.54, 1.807) is 0 Å². The highest BCUT2D eigenvalue weighted by atomic mass is 16.3. The van der Waals surface area contributed by atoms with Crippen LogP contribution in [0.1, 0.15) is 39.0 Å². The van der Waals surface area contributed by atoms with Gasteiger partial charge in [0.1, 0.15) is 0 Å². The fraction of sp³-hybridized carbons (Fsp3) is 0.846. The molecule has 0 bridgehead atoms. The van der Waals surface area contributed by atoms with Gasteiger partial charge >= 0.3 is 0 Å². The van der Waals surface area contributed by atoms with Crippen LogP contribution >= 0.6 is 0 Å². The van der Waals surface area contributed by atoms with Gasteiger partial charge in [0.15, 0.2) is 0 Å². The topological polar surface area (TPSA) is 32.3 Å². The van der Waals surface area contributed by atoms with Gasteiger partial charge in [-0.05, 0) is 31.6 Å². The quantitative estimate of drug-likeness (QED) is 0.695. The lowest BCUT2D eigenvalue weighted by Crippen LogP contribution is -2.35. The van der Waals surface area contributed by atoms with E-state index in [0.717, 1.165) is 18.4 Å². The number of aliphatic hydroxyl groups excluding tert-OH is 1. The molecular formula is C13H23NO. The first-order valence-electron chi connectivity index (χ1n) is 6.37. The Balaban J connectivity index is 1.73. The Hall–Kier alpha value is -0.340. The third-order valence-electron chi connectivity index (χ3n) is 3.98. The van der Waals surface area contributed by atoms with Gasteiger partial charge in [0.25, 0.3) is 0 Å². The van der Waals surface area contributed by atoms with Crippen LogP contribution in [0.4, 0.5) is 0 Å². The third-order valence-corrected chi connectivity index (χ3v) is 3.98. The lowest BCUT2D eigenvalue weighted by atomic mass is 10.0. The Morgan fingerprint density at radius 2 is 2.13 bits per heavy atom. The molecule has 0 aromatic carbocycles. The van der Waals surface area contributed by atoms with Crippen LogP contribution in [0, 0.1) is 11.8 Å². The summed E-state index contributed by atoms with van der Waals surface area (Å²) < 4.78 is 0. The van der Waals surface area contributed by atoms with Crippen LogP contribution in [0.2, 0.25) is 0 Å². The van der Waals surface area contributed by atoms with Gasteiger partial charge in [-0.3, -0.25) is 0 Å². The van der Waals surface area contributed by atoms with Crippen molar-refractivity contribution in [1.29, 1.82) is 0 Å². The molecule has 0 saturated heterocycles. The normalized spacial score (nSPS) is 40.1. The molecule has 2 heteroatoms. The first-order valence-corrected chi connectivity index (χ1v) is 6.37. The smallest absolute Gasteiger partial charge is 0.0494 e. The lowest BCUT2D eigenvalue weighted by Gasteiger charge is -2.18. The van der Waals surface area contributed by atoms with E-state index >= 15 is 0 Å². The largest absolute Gasteiger partial charge is 0.396 e. The molecule has 0 aliphatic heterocycles. The Morgan fingerprint density at radius 3 is 2.73 bits per heavy atom. The number of aliphatic hydroxyl groups is 1. The lowest BCUT2D eigenvalue weighted by molar-refractivity contribution is 0.244. The molecule has 0 spiro atoms. The minimum atomic E-state index is 0.303. The van der Waals surface area contributed by atoms with E-state index in [0.29, 0.717) is 18.6 Å². The average Bonchev–Trinajstić information content (AvgIpc) is 2.87. The molecule has 2 aliphatic rings. The van der Waals surface area contributed by atoms with Crippen molar-refractivity contribution in [3.05, 3.63) is 12.2 Å². The zero-order chi connectivity index (χ0) is 10.7. The van der Waals surface area contributed by atoms with Gasteiger partial charge in [-0.25, -0.2) is 0 Å². The van der Waals surface area contributed by atoms with Gasteiger partial charge in [-0.15, -0.1) is 0 Å². The van der Waals surface area contributed by atoms with Gasteiger partial charge < -0.3 is 10.4 Å². The summed E-state index contributed by atoms with van der Waals surface area (Å²) in [7, 11) is 0. The minimum Gasteiger partial charge on any atom is -0.396 e. The second kappa shape index (κ2) is 5.13. The molecule has 2 aliphatic carbocycles. The Bertz CT molecular complexity index is 227. The molecule has 0 radical (unpaired) electrons. The van der Waals surface area contributed by atoms with E-state index in [9.17, 15) is 0 Å². The predicted octanol–water partition coefficient (Wildman–Crippen LogP) is 2.09. The first-order chi connectivity index (χ1) is 7.31. The molecule has 0 heterocycles. The number of hydrogen-bond acceptors (Lipinski definition) is 2. The van der Waals surface area contributed by atoms with Crippen molar-refractivity contribution in [3.8, 4) is 0 Å². The standard InChI is InChI=1S/C13H23NO/c1-2-10-3-5-12(7-10)14-13-6-4-11(8-13)9-15/h4,6,10-15H,2-3,5,7-9H2,1H3/t10?,11-,12?,13+/m0/s1. The predicted molar refractivity (Wildman–Crippen MR) is 62.7 cm³/mol. The summed E-state index contributed by atoms with van der Waals surface area (Å²) in [5.41, 5.74) is 0. The zero-order valence-electron chi connectivity index (χ0n) is 9.65. The van der Waals surface area contributed by atoms with E-state index in [2.05, 4.69) is 24.4 Å². The fourth-order valence-corrected chi connectivity index (χ4v) is 2.93. The van der Waals surface area contributed by atoms with Gasteiger partial charge in [-0.1, -0.05) is 25.5 Å². The van der Waals surface area contributed by atoms with Gasteiger partial charge in [0.2, 0.25) is 0 Å². The van der Waals surface area contributed by atoms with Crippen LogP contribution in [-0.4, -0.2) is 23.8 Å². The molecule has 2 unspecified atom stereocenters. The molecule has 86 valence electrons. The fourth-order valence-electron chi connectivity index (χ4n) is 2.93. The van der Waals surface area contributed by atoms with E-state index in [1.165, 1.54) is 25.7 Å². The van der Waals surface area contributed by atoms with E-state index < -0.39 is 0 Å². The van der Waals surface area contributed by atoms with E-state index in [4.69, 9.17) is 5.11 Å². The number of nitrogens with one attached hydrogen (secondary N) is 1. The maximum Gasteiger partial charge on any atom is 0.0494 e. The maximum absolute atomic E-state index is 9.05. The van der Waals surface area contributed by atoms with Crippen molar-refractivity contribution < 1.29 is 5.11 Å². The Labute approximate surface area is 92.8 Å². The van der Waals surface area contributed by atoms with Crippen LogP contribution in [-0.2, 0) is 0 Å². The van der Waals surface area contributed by atoms with Crippen LogP contribution in [0.25, 0.3) is 0 Å².